The zero-order chi connectivity index (χ0) is 17.2. The first-order chi connectivity index (χ1) is 12.2. The van der Waals surface area contributed by atoms with Crippen LogP contribution in [0.2, 0.25) is 0 Å². The summed E-state index contributed by atoms with van der Waals surface area (Å²) in [6.45, 7) is 5.73. The quantitative estimate of drug-likeness (QED) is 0.909. The predicted octanol–water partition coefficient (Wildman–Crippen LogP) is 1.40. The highest BCUT2D eigenvalue weighted by Crippen LogP contribution is 2.25. The predicted molar refractivity (Wildman–Crippen MR) is 95.9 cm³/mol. The average Bonchev–Trinajstić information content (AvgIpc) is 3.17. The first-order valence-electron chi connectivity index (χ1n) is 9.23. The molecule has 1 saturated heterocycles. The Morgan fingerprint density at radius 1 is 1.04 bits per heavy atom. The molecule has 1 aliphatic carbocycles. The second-order valence-electron chi connectivity index (χ2n) is 7.02. The van der Waals surface area contributed by atoms with E-state index in [9.17, 15) is 5.11 Å². The summed E-state index contributed by atoms with van der Waals surface area (Å²) in [7, 11) is 0. The van der Waals surface area contributed by atoms with Gasteiger partial charge in [-0.15, -0.1) is 0 Å². The molecule has 2 fully saturated rings. The van der Waals surface area contributed by atoms with Crippen molar-refractivity contribution in [1.29, 1.82) is 0 Å². The summed E-state index contributed by atoms with van der Waals surface area (Å²) in [5, 5.41) is 14.6. The molecule has 2 aromatic rings. The molecule has 2 atom stereocenters. The van der Waals surface area contributed by atoms with Gasteiger partial charge in [0.2, 0.25) is 0 Å². The van der Waals surface area contributed by atoms with E-state index >= 15 is 0 Å². The van der Waals surface area contributed by atoms with Gasteiger partial charge in [-0.1, -0.05) is 12.8 Å². The molecule has 0 radical (unpaired) electrons. The molecule has 25 heavy (non-hydrogen) atoms. The topological polar surface area (TPSA) is 70.3 Å². The van der Waals surface area contributed by atoms with Gasteiger partial charge in [-0.25, -0.2) is 14.6 Å². The minimum Gasteiger partial charge on any atom is -0.391 e. The zero-order valence-electron chi connectivity index (χ0n) is 14.8. The van der Waals surface area contributed by atoms with Crippen molar-refractivity contribution < 1.29 is 5.11 Å². The van der Waals surface area contributed by atoms with E-state index in [-0.39, 0.29) is 6.10 Å². The molecule has 4 rings (SSSR count). The van der Waals surface area contributed by atoms with Gasteiger partial charge in [-0.2, -0.15) is 5.10 Å². The van der Waals surface area contributed by atoms with Crippen molar-refractivity contribution in [2.24, 2.45) is 0 Å². The van der Waals surface area contributed by atoms with Crippen LogP contribution in [0, 0.1) is 6.92 Å². The lowest BCUT2D eigenvalue weighted by atomic mass is 9.91. The maximum absolute atomic E-state index is 10.3. The summed E-state index contributed by atoms with van der Waals surface area (Å²) in [6, 6.07) is 4.24. The van der Waals surface area contributed by atoms with Crippen LogP contribution in [0.4, 0.5) is 5.82 Å². The van der Waals surface area contributed by atoms with E-state index < -0.39 is 0 Å². The summed E-state index contributed by atoms with van der Waals surface area (Å²) >= 11 is 0. The van der Waals surface area contributed by atoms with Gasteiger partial charge in [0.1, 0.15) is 11.6 Å². The number of aliphatic hydroxyl groups is 1. The van der Waals surface area contributed by atoms with E-state index in [0.29, 0.717) is 6.04 Å². The van der Waals surface area contributed by atoms with Gasteiger partial charge >= 0.3 is 0 Å². The van der Waals surface area contributed by atoms with Gasteiger partial charge < -0.3 is 10.0 Å². The van der Waals surface area contributed by atoms with E-state index in [4.69, 9.17) is 0 Å². The molecule has 2 aliphatic rings. The lowest BCUT2D eigenvalue weighted by Crippen LogP contribution is -2.54. The number of rotatable bonds is 3. The fourth-order valence-electron chi connectivity index (χ4n) is 4.02. The van der Waals surface area contributed by atoms with Gasteiger partial charge in [0.05, 0.1) is 6.10 Å². The number of aromatic nitrogens is 4. The van der Waals surface area contributed by atoms with Gasteiger partial charge in [0.25, 0.3) is 0 Å². The Morgan fingerprint density at radius 2 is 1.80 bits per heavy atom. The summed E-state index contributed by atoms with van der Waals surface area (Å²) in [4.78, 5) is 13.9. The van der Waals surface area contributed by atoms with E-state index in [2.05, 4.69) is 24.9 Å². The van der Waals surface area contributed by atoms with Crippen LogP contribution in [0.3, 0.4) is 0 Å². The molecular weight excluding hydrogens is 316 g/mol. The zero-order valence-corrected chi connectivity index (χ0v) is 14.8. The number of piperazine rings is 1. The summed E-state index contributed by atoms with van der Waals surface area (Å²) in [5.74, 6) is 2.52. The molecular formula is C18H26N6O. The molecule has 134 valence electrons. The smallest absolute Gasteiger partial charge is 0.159 e. The van der Waals surface area contributed by atoms with Crippen LogP contribution in [0.1, 0.15) is 31.5 Å². The highest BCUT2D eigenvalue weighted by atomic mass is 16.3. The normalized spacial score (nSPS) is 25.3. The van der Waals surface area contributed by atoms with Gasteiger partial charge in [-0.05, 0) is 25.8 Å². The Labute approximate surface area is 148 Å². The van der Waals surface area contributed by atoms with Crippen LogP contribution in [0.25, 0.3) is 5.82 Å². The van der Waals surface area contributed by atoms with E-state index in [1.807, 2.05) is 25.3 Å². The Kier molecular flexibility index (Phi) is 4.67. The van der Waals surface area contributed by atoms with Crippen LogP contribution >= 0.6 is 0 Å². The van der Waals surface area contributed by atoms with Crippen molar-refractivity contribution in [2.75, 3.05) is 31.1 Å². The number of hydrogen-bond donors (Lipinski definition) is 1. The molecule has 0 amide bonds. The van der Waals surface area contributed by atoms with E-state index in [1.165, 1.54) is 6.42 Å². The first-order valence-corrected chi connectivity index (χ1v) is 9.23. The highest BCUT2D eigenvalue weighted by Gasteiger charge is 2.31. The van der Waals surface area contributed by atoms with Crippen LogP contribution < -0.4 is 4.90 Å². The number of hydrogen-bond acceptors (Lipinski definition) is 6. The molecule has 7 nitrogen and oxygen atoms in total. The van der Waals surface area contributed by atoms with E-state index in [0.717, 1.165) is 62.9 Å². The Bertz CT molecular complexity index is 696. The van der Waals surface area contributed by atoms with Crippen molar-refractivity contribution in [3.05, 3.63) is 30.4 Å². The highest BCUT2D eigenvalue weighted by molar-refractivity contribution is 5.44. The fourth-order valence-corrected chi connectivity index (χ4v) is 4.02. The van der Waals surface area contributed by atoms with Crippen molar-refractivity contribution in [3.8, 4) is 5.82 Å². The van der Waals surface area contributed by atoms with Gasteiger partial charge in [-0.3, -0.25) is 4.90 Å². The molecule has 7 heteroatoms. The van der Waals surface area contributed by atoms with Crippen LogP contribution in [-0.2, 0) is 0 Å². The van der Waals surface area contributed by atoms with Crippen LogP contribution in [-0.4, -0.2) is 68.1 Å². The largest absolute Gasteiger partial charge is 0.391 e. The third kappa shape index (κ3) is 3.52. The molecule has 1 saturated carbocycles. The first kappa shape index (κ1) is 16.5. The Morgan fingerprint density at radius 3 is 2.52 bits per heavy atom. The number of aliphatic hydroxyl groups excluding tert-OH is 1. The van der Waals surface area contributed by atoms with Crippen molar-refractivity contribution in [2.45, 2.75) is 44.8 Å². The average molecular weight is 342 g/mol. The molecule has 0 aromatic carbocycles. The van der Waals surface area contributed by atoms with Gasteiger partial charge in [0.15, 0.2) is 5.82 Å². The summed E-state index contributed by atoms with van der Waals surface area (Å²) < 4.78 is 1.77. The van der Waals surface area contributed by atoms with Crippen LogP contribution in [0.15, 0.2) is 24.5 Å². The number of nitrogens with zero attached hydrogens (tertiary/aromatic N) is 6. The molecule has 3 heterocycles. The lowest BCUT2D eigenvalue weighted by molar-refractivity contribution is 0.0172. The maximum Gasteiger partial charge on any atom is 0.159 e. The standard InChI is InChI=1S/C18H26N6O/c1-14-20-17(13-18(21-14)24-8-4-7-19-24)23-11-9-22(10-12-23)15-5-2-3-6-16(15)25/h4,7-8,13,15-16,25H,2-3,5-6,9-12H2,1H3. The second kappa shape index (κ2) is 7.09. The van der Waals surface area contributed by atoms with Crippen molar-refractivity contribution >= 4 is 5.82 Å². The third-order valence-electron chi connectivity index (χ3n) is 5.35. The molecule has 0 bridgehead atoms. The Balaban J connectivity index is 1.45. The Hall–Kier alpha value is -1.99. The SMILES string of the molecule is Cc1nc(N2CCN(C3CCCCC3O)CC2)cc(-n2cccn2)n1. The van der Waals surface area contributed by atoms with Gasteiger partial charge in [0, 0.05) is 50.7 Å². The van der Waals surface area contributed by atoms with Crippen molar-refractivity contribution in [3.63, 3.8) is 0 Å². The number of aryl methyl sites for hydroxylation is 1. The molecule has 0 spiro atoms. The minimum absolute atomic E-state index is 0.159. The molecule has 1 aliphatic heterocycles. The molecule has 2 unspecified atom stereocenters. The second-order valence-corrected chi connectivity index (χ2v) is 7.02. The van der Waals surface area contributed by atoms with Crippen molar-refractivity contribution in [1.82, 2.24) is 24.6 Å². The number of anilines is 1. The molecule has 1 N–H and O–H groups in total. The third-order valence-corrected chi connectivity index (χ3v) is 5.35. The van der Waals surface area contributed by atoms with E-state index in [1.54, 1.807) is 10.9 Å². The fraction of sp³-hybridized carbons (Fsp3) is 0.611. The lowest BCUT2D eigenvalue weighted by Gasteiger charge is -2.43. The van der Waals surface area contributed by atoms with Crippen LogP contribution in [0.5, 0.6) is 0 Å². The summed E-state index contributed by atoms with van der Waals surface area (Å²) in [6.07, 6.45) is 7.96. The monoisotopic (exact) mass is 342 g/mol. The summed E-state index contributed by atoms with van der Waals surface area (Å²) in [5.41, 5.74) is 0. The molecule has 2 aromatic heterocycles. The minimum atomic E-state index is -0.159. The maximum atomic E-state index is 10.3.